The first-order valence-corrected chi connectivity index (χ1v) is 8.27. The predicted octanol–water partition coefficient (Wildman–Crippen LogP) is 4.04. The Hall–Kier alpha value is -4.01. The molecule has 2 aromatic carbocycles. The molecule has 3 rings (SSSR count). The molecule has 1 heterocycles. The molecular weight excluding hydrogens is 385 g/mol. The highest BCUT2D eigenvalue weighted by Gasteiger charge is 2.17. The second-order valence-corrected chi connectivity index (χ2v) is 5.82. The van der Waals surface area contributed by atoms with Gasteiger partial charge >= 0.3 is 5.97 Å². The molecule has 1 aromatic heterocycles. The monoisotopic (exact) mass is 399 g/mol. The maximum Gasteiger partial charge on any atom is 0.374 e. The highest BCUT2D eigenvalue weighted by atomic mass is 19.1. The standard InChI is InChI=1S/C20H14FNO7/c1-27-18-7-4-13(10-15(18)21)16(23)11-28-20(24)19-9-8-17(29-19)12-2-5-14(6-3-12)22(25)26/h2-10H,11H2,1H3. The average molecular weight is 399 g/mol. The lowest BCUT2D eigenvalue weighted by atomic mass is 10.1. The van der Waals surface area contributed by atoms with Crippen LogP contribution in [0.2, 0.25) is 0 Å². The van der Waals surface area contributed by atoms with E-state index in [9.17, 15) is 24.1 Å². The number of Topliss-reactive ketones (excluding diaryl/α,β-unsaturated/α-hetero) is 1. The van der Waals surface area contributed by atoms with Crippen LogP contribution in [0.4, 0.5) is 10.1 Å². The first-order valence-electron chi connectivity index (χ1n) is 8.27. The average Bonchev–Trinajstić information content (AvgIpc) is 3.22. The number of nitro groups is 1. The lowest BCUT2D eigenvalue weighted by Crippen LogP contribution is -2.14. The van der Waals surface area contributed by atoms with Gasteiger partial charge in [-0.05, 0) is 42.5 Å². The topological polar surface area (TPSA) is 109 Å². The first kappa shape index (κ1) is 19.7. The van der Waals surface area contributed by atoms with Gasteiger partial charge in [0.15, 0.2) is 24.0 Å². The van der Waals surface area contributed by atoms with E-state index in [1.807, 2.05) is 0 Å². The summed E-state index contributed by atoms with van der Waals surface area (Å²) in [5.74, 6) is -2.03. The number of hydrogen-bond acceptors (Lipinski definition) is 7. The van der Waals surface area contributed by atoms with E-state index in [1.165, 1.54) is 55.6 Å². The zero-order valence-electron chi connectivity index (χ0n) is 15.1. The molecule has 0 aliphatic heterocycles. The van der Waals surface area contributed by atoms with Crippen molar-refractivity contribution in [2.24, 2.45) is 0 Å². The predicted molar refractivity (Wildman–Crippen MR) is 98.4 cm³/mol. The summed E-state index contributed by atoms with van der Waals surface area (Å²) in [6.07, 6.45) is 0. The summed E-state index contributed by atoms with van der Waals surface area (Å²) in [5, 5.41) is 10.7. The molecule has 0 fully saturated rings. The lowest BCUT2D eigenvalue weighted by molar-refractivity contribution is -0.384. The molecule has 0 aliphatic carbocycles. The number of carbonyl (C=O) groups is 2. The molecule has 9 heteroatoms. The minimum absolute atomic E-state index is 0.00657. The third kappa shape index (κ3) is 4.46. The summed E-state index contributed by atoms with van der Waals surface area (Å²) in [7, 11) is 1.30. The number of rotatable bonds is 7. The second-order valence-electron chi connectivity index (χ2n) is 5.82. The Labute approximate surface area is 163 Å². The molecule has 0 bridgehead atoms. The van der Waals surface area contributed by atoms with Gasteiger partial charge in [-0.25, -0.2) is 9.18 Å². The minimum atomic E-state index is -0.875. The smallest absolute Gasteiger partial charge is 0.374 e. The largest absolute Gasteiger partial charge is 0.494 e. The Kier molecular flexibility index (Phi) is 5.68. The van der Waals surface area contributed by atoms with E-state index in [-0.39, 0.29) is 22.8 Å². The van der Waals surface area contributed by atoms with E-state index in [0.717, 1.165) is 6.07 Å². The molecule has 8 nitrogen and oxygen atoms in total. The van der Waals surface area contributed by atoms with Gasteiger partial charge in [0.1, 0.15) is 5.76 Å². The Morgan fingerprint density at radius 3 is 2.45 bits per heavy atom. The van der Waals surface area contributed by atoms with Crippen LogP contribution < -0.4 is 4.74 Å². The number of halogens is 1. The van der Waals surface area contributed by atoms with E-state index in [1.54, 1.807) is 0 Å². The number of non-ortho nitro benzene ring substituents is 1. The van der Waals surface area contributed by atoms with E-state index in [4.69, 9.17) is 13.9 Å². The van der Waals surface area contributed by atoms with Crippen molar-refractivity contribution in [1.29, 1.82) is 0 Å². The van der Waals surface area contributed by atoms with Crippen LogP contribution in [-0.4, -0.2) is 30.4 Å². The quantitative estimate of drug-likeness (QED) is 0.255. The van der Waals surface area contributed by atoms with E-state index >= 15 is 0 Å². The van der Waals surface area contributed by atoms with Crippen LogP contribution in [0.25, 0.3) is 11.3 Å². The van der Waals surface area contributed by atoms with Gasteiger partial charge in [0.25, 0.3) is 5.69 Å². The van der Waals surface area contributed by atoms with Gasteiger partial charge in [-0.15, -0.1) is 0 Å². The fourth-order valence-corrected chi connectivity index (χ4v) is 2.48. The van der Waals surface area contributed by atoms with Gasteiger partial charge in [0.05, 0.1) is 12.0 Å². The summed E-state index contributed by atoms with van der Waals surface area (Å²) >= 11 is 0. The third-order valence-electron chi connectivity index (χ3n) is 3.98. The highest BCUT2D eigenvalue weighted by molar-refractivity contribution is 5.99. The van der Waals surface area contributed by atoms with Gasteiger partial charge in [-0.3, -0.25) is 14.9 Å². The molecular formula is C20H14FNO7. The Morgan fingerprint density at radius 1 is 1.10 bits per heavy atom. The van der Waals surface area contributed by atoms with Crippen LogP contribution in [0.5, 0.6) is 5.75 Å². The van der Waals surface area contributed by atoms with Crippen LogP contribution in [0.1, 0.15) is 20.9 Å². The maximum atomic E-state index is 13.7. The van der Waals surface area contributed by atoms with Crippen LogP contribution in [0.3, 0.4) is 0 Å². The van der Waals surface area contributed by atoms with E-state index < -0.39 is 29.1 Å². The summed E-state index contributed by atoms with van der Waals surface area (Å²) in [6.45, 7) is -0.599. The third-order valence-corrected chi connectivity index (χ3v) is 3.98. The Balaban J connectivity index is 1.63. The van der Waals surface area contributed by atoms with Crippen molar-refractivity contribution in [2.75, 3.05) is 13.7 Å². The first-order chi connectivity index (χ1) is 13.9. The van der Waals surface area contributed by atoms with Gasteiger partial charge in [0, 0.05) is 23.3 Å². The molecule has 0 unspecified atom stereocenters. The maximum absolute atomic E-state index is 13.7. The highest BCUT2D eigenvalue weighted by Crippen LogP contribution is 2.25. The van der Waals surface area contributed by atoms with Crippen LogP contribution in [0.15, 0.2) is 59.0 Å². The molecule has 0 radical (unpaired) electrons. The number of nitro benzene ring substituents is 1. The zero-order chi connectivity index (χ0) is 21.0. The molecule has 0 N–H and O–H groups in total. The number of furan rings is 1. The molecule has 0 atom stereocenters. The summed E-state index contributed by atoms with van der Waals surface area (Å²) < 4.78 is 28.7. The van der Waals surface area contributed by atoms with Crippen LogP contribution >= 0.6 is 0 Å². The zero-order valence-corrected chi connectivity index (χ0v) is 15.1. The Bertz CT molecular complexity index is 1070. The SMILES string of the molecule is COc1ccc(C(=O)COC(=O)c2ccc(-c3ccc([N+](=O)[O-])cc3)o2)cc1F. The molecule has 0 amide bonds. The van der Waals surface area contributed by atoms with Crippen LogP contribution in [-0.2, 0) is 4.74 Å². The Morgan fingerprint density at radius 2 is 1.83 bits per heavy atom. The number of ether oxygens (including phenoxy) is 2. The van der Waals surface area contributed by atoms with Crippen molar-refractivity contribution in [3.8, 4) is 17.1 Å². The summed E-state index contributed by atoms with van der Waals surface area (Å²) in [6, 6.07) is 12.1. The van der Waals surface area contributed by atoms with Gasteiger partial charge in [-0.2, -0.15) is 0 Å². The summed E-state index contributed by atoms with van der Waals surface area (Å²) in [5.41, 5.74) is 0.481. The molecule has 0 saturated carbocycles. The fourth-order valence-electron chi connectivity index (χ4n) is 2.48. The summed E-state index contributed by atoms with van der Waals surface area (Å²) in [4.78, 5) is 34.3. The van der Waals surface area contributed by atoms with Crippen molar-refractivity contribution in [2.45, 2.75) is 0 Å². The number of carbonyl (C=O) groups excluding carboxylic acids is 2. The molecule has 0 aliphatic rings. The van der Waals surface area contributed by atoms with Crippen molar-refractivity contribution in [1.82, 2.24) is 0 Å². The molecule has 0 spiro atoms. The molecule has 29 heavy (non-hydrogen) atoms. The van der Waals surface area contributed by atoms with E-state index in [0.29, 0.717) is 11.3 Å². The van der Waals surface area contributed by atoms with Gasteiger partial charge in [0.2, 0.25) is 5.76 Å². The van der Waals surface area contributed by atoms with Crippen molar-refractivity contribution in [3.63, 3.8) is 0 Å². The number of nitrogens with zero attached hydrogens (tertiary/aromatic N) is 1. The van der Waals surface area contributed by atoms with Crippen molar-refractivity contribution < 1.29 is 32.8 Å². The number of hydrogen-bond donors (Lipinski definition) is 0. The van der Waals surface area contributed by atoms with Gasteiger partial charge < -0.3 is 13.9 Å². The molecule has 3 aromatic rings. The number of ketones is 1. The van der Waals surface area contributed by atoms with Crippen molar-refractivity contribution in [3.05, 3.63) is 81.9 Å². The number of benzene rings is 2. The minimum Gasteiger partial charge on any atom is -0.494 e. The second kappa shape index (κ2) is 8.34. The van der Waals surface area contributed by atoms with Gasteiger partial charge in [-0.1, -0.05) is 0 Å². The molecule has 0 saturated heterocycles. The molecule has 148 valence electrons. The van der Waals surface area contributed by atoms with Crippen molar-refractivity contribution >= 4 is 17.4 Å². The number of methoxy groups -OCH3 is 1. The lowest BCUT2D eigenvalue weighted by Gasteiger charge is -2.05. The van der Waals surface area contributed by atoms with E-state index in [2.05, 4.69) is 0 Å². The van der Waals surface area contributed by atoms with Crippen LogP contribution in [0, 0.1) is 15.9 Å². The number of esters is 1. The normalized spacial score (nSPS) is 10.4. The fraction of sp³-hybridized carbons (Fsp3) is 0.100.